The first-order valence-corrected chi connectivity index (χ1v) is 6.84. The molecule has 0 N–H and O–H groups in total. The van der Waals surface area contributed by atoms with Gasteiger partial charge in [0.2, 0.25) is 9.05 Å². The minimum atomic E-state index is -3.41. The van der Waals surface area contributed by atoms with E-state index in [-0.39, 0.29) is 17.6 Å². The maximum Gasteiger partial charge on any atom is 0.232 e. The van der Waals surface area contributed by atoms with E-state index in [4.69, 9.17) is 15.4 Å². The van der Waals surface area contributed by atoms with Gasteiger partial charge in [0.15, 0.2) is 0 Å². The average Bonchev–Trinajstić information content (AvgIpc) is 1.95. The Balaban J connectivity index is 4.11. The monoisotopic (exact) mass is 228 g/mol. The van der Waals surface area contributed by atoms with E-state index in [9.17, 15) is 8.42 Å². The Morgan fingerprint density at radius 2 is 1.92 bits per heavy atom. The fourth-order valence-electron chi connectivity index (χ4n) is 0.958. The Morgan fingerprint density at radius 1 is 1.38 bits per heavy atom. The highest BCUT2D eigenvalue weighted by Gasteiger charge is 2.20. The molecule has 0 fully saturated rings. The van der Waals surface area contributed by atoms with Crippen molar-refractivity contribution in [3.05, 3.63) is 0 Å². The zero-order valence-electron chi connectivity index (χ0n) is 8.29. The molecule has 0 saturated carbocycles. The molecule has 1 unspecified atom stereocenters. The van der Waals surface area contributed by atoms with E-state index >= 15 is 0 Å². The van der Waals surface area contributed by atoms with Crippen molar-refractivity contribution in [1.29, 1.82) is 0 Å². The van der Waals surface area contributed by atoms with Crippen LogP contribution < -0.4 is 0 Å². The normalized spacial score (nSPS) is 14.8. The van der Waals surface area contributed by atoms with Crippen molar-refractivity contribution in [2.24, 2.45) is 11.8 Å². The molecule has 0 aromatic rings. The van der Waals surface area contributed by atoms with Gasteiger partial charge < -0.3 is 4.74 Å². The smallest absolute Gasteiger partial charge is 0.232 e. The van der Waals surface area contributed by atoms with Crippen LogP contribution in [0.1, 0.15) is 20.8 Å². The standard InChI is InChI=1S/C8H17ClO3S/c1-4-12-5-8(7(2)3)6-13(9,10)11/h7-8H,4-6H2,1-3H3. The summed E-state index contributed by atoms with van der Waals surface area (Å²) in [5, 5.41) is 0. The Bertz CT molecular complexity index is 224. The van der Waals surface area contributed by atoms with Gasteiger partial charge >= 0.3 is 0 Å². The van der Waals surface area contributed by atoms with E-state index in [1.165, 1.54) is 0 Å². The lowest BCUT2D eigenvalue weighted by atomic mass is 9.99. The minimum Gasteiger partial charge on any atom is -0.381 e. The summed E-state index contributed by atoms with van der Waals surface area (Å²) in [4.78, 5) is 0. The Hall–Kier alpha value is 0.200. The van der Waals surface area contributed by atoms with Gasteiger partial charge in [0.05, 0.1) is 12.4 Å². The number of rotatable bonds is 6. The molecule has 0 heterocycles. The molecule has 13 heavy (non-hydrogen) atoms. The van der Waals surface area contributed by atoms with Gasteiger partial charge in [0.25, 0.3) is 0 Å². The molecule has 80 valence electrons. The maximum absolute atomic E-state index is 10.8. The number of halogens is 1. The van der Waals surface area contributed by atoms with Crippen molar-refractivity contribution >= 4 is 19.7 Å². The summed E-state index contributed by atoms with van der Waals surface area (Å²) < 4.78 is 26.8. The van der Waals surface area contributed by atoms with Crippen molar-refractivity contribution in [2.75, 3.05) is 19.0 Å². The van der Waals surface area contributed by atoms with Crippen LogP contribution in [0.4, 0.5) is 0 Å². The van der Waals surface area contributed by atoms with Crippen molar-refractivity contribution in [3.63, 3.8) is 0 Å². The quantitative estimate of drug-likeness (QED) is 0.652. The minimum absolute atomic E-state index is 0.00772. The van der Waals surface area contributed by atoms with Crippen LogP contribution in [-0.4, -0.2) is 27.4 Å². The molecule has 0 aliphatic carbocycles. The second-order valence-electron chi connectivity index (χ2n) is 3.37. The van der Waals surface area contributed by atoms with E-state index in [1.54, 1.807) is 0 Å². The van der Waals surface area contributed by atoms with Crippen molar-refractivity contribution in [3.8, 4) is 0 Å². The molecule has 3 nitrogen and oxygen atoms in total. The van der Waals surface area contributed by atoms with E-state index in [0.717, 1.165) is 0 Å². The lowest BCUT2D eigenvalue weighted by Gasteiger charge is -2.18. The van der Waals surface area contributed by atoms with Crippen LogP contribution in [0.5, 0.6) is 0 Å². The first-order chi connectivity index (χ1) is 5.87. The summed E-state index contributed by atoms with van der Waals surface area (Å²) in [7, 11) is 1.76. The van der Waals surface area contributed by atoms with Gasteiger partial charge in [-0.15, -0.1) is 0 Å². The molecular formula is C8H17ClO3S. The Labute approximate surface area is 84.8 Å². The molecule has 0 aliphatic rings. The van der Waals surface area contributed by atoms with Crippen molar-refractivity contribution in [1.82, 2.24) is 0 Å². The summed E-state index contributed by atoms with van der Waals surface area (Å²) in [6.07, 6.45) is 0. The van der Waals surface area contributed by atoms with Crippen LogP contribution in [0.2, 0.25) is 0 Å². The van der Waals surface area contributed by atoms with Crippen LogP contribution in [0, 0.1) is 11.8 Å². The van der Waals surface area contributed by atoms with Gasteiger partial charge in [-0.1, -0.05) is 13.8 Å². The second kappa shape index (κ2) is 5.83. The molecule has 0 rings (SSSR count). The molecule has 0 aromatic carbocycles. The Morgan fingerprint density at radius 3 is 2.23 bits per heavy atom. The topological polar surface area (TPSA) is 43.4 Å². The van der Waals surface area contributed by atoms with E-state index in [2.05, 4.69) is 0 Å². The van der Waals surface area contributed by atoms with Crippen LogP contribution >= 0.6 is 10.7 Å². The van der Waals surface area contributed by atoms with Gasteiger partial charge in [-0.25, -0.2) is 8.42 Å². The molecule has 5 heteroatoms. The highest BCUT2D eigenvalue weighted by molar-refractivity contribution is 8.13. The van der Waals surface area contributed by atoms with Crippen LogP contribution in [0.25, 0.3) is 0 Å². The van der Waals surface area contributed by atoms with Crippen LogP contribution in [0.3, 0.4) is 0 Å². The lowest BCUT2D eigenvalue weighted by molar-refractivity contribution is 0.101. The first-order valence-electron chi connectivity index (χ1n) is 4.37. The number of hydrogen-bond acceptors (Lipinski definition) is 3. The van der Waals surface area contributed by atoms with E-state index in [0.29, 0.717) is 13.2 Å². The molecule has 1 atom stereocenters. The molecule has 0 amide bonds. The third kappa shape index (κ3) is 7.28. The summed E-state index contributed by atoms with van der Waals surface area (Å²) in [5.74, 6) is 0.245. The molecule has 0 saturated heterocycles. The molecule has 0 aliphatic heterocycles. The number of hydrogen-bond donors (Lipinski definition) is 0. The predicted molar refractivity (Wildman–Crippen MR) is 54.5 cm³/mol. The van der Waals surface area contributed by atoms with Gasteiger partial charge in [-0.05, 0) is 18.8 Å². The SMILES string of the molecule is CCOCC(CS(=O)(=O)Cl)C(C)C. The molecule has 0 bridgehead atoms. The van der Waals surface area contributed by atoms with Gasteiger partial charge in [-0.3, -0.25) is 0 Å². The first kappa shape index (κ1) is 13.2. The van der Waals surface area contributed by atoms with Crippen LogP contribution in [-0.2, 0) is 13.8 Å². The largest absolute Gasteiger partial charge is 0.381 e. The average molecular weight is 229 g/mol. The predicted octanol–water partition coefficient (Wildman–Crippen LogP) is 1.86. The third-order valence-electron chi connectivity index (χ3n) is 1.89. The zero-order valence-corrected chi connectivity index (χ0v) is 9.86. The van der Waals surface area contributed by atoms with E-state index in [1.807, 2.05) is 20.8 Å². The van der Waals surface area contributed by atoms with Gasteiger partial charge in [0.1, 0.15) is 0 Å². The fraction of sp³-hybridized carbons (Fsp3) is 1.00. The van der Waals surface area contributed by atoms with Crippen molar-refractivity contribution in [2.45, 2.75) is 20.8 Å². The third-order valence-corrected chi connectivity index (χ3v) is 3.10. The number of ether oxygens (including phenoxy) is 1. The highest BCUT2D eigenvalue weighted by atomic mass is 35.7. The summed E-state index contributed by atoms with van der Waals surface area (Å²) in [6, 6.07) is 0. The summed E-state index contributed by atoms with van der Waals surface area (Å²) >= 11 is 0. The Kier molecular flexibility index (Phi) is 5.92. The summed E-state index contributed by atoms with van der Waals surface area (Å²) in [6.45, 7) is 6.87. The zero-order chi connectivity index (χ0) is 10.5. The molecular weight excluding hydrogens is 212 g/mol. The van der Waals surface area contributed by atoms with Gasteiger partial charge in [-0.2, -0.15) is 0 Å². The highest BCUT2D eigenvalue weighted by Crippen LogP contribution is 2.15. The van der Waals surface area contributed by atoms with E-state index < -0.39 is 9.05 Å². The molecule has 0 spiro atoms. The lowest BCUT2D eigenvalue weighted by Crippen LogP contribution is -2.23. The summed E-state index contributed by atoms with van der Waals surface area (Å²) in [5.41, 5.74) is 0. The molecule has 0 radical (unpaired) electrons. The van der Waals surface area contributed by atoms with Crippen LogP contribution in [0.15, 0.2) is 0 Å². The molecule has 0 aromatic heterocycles. The fourth-order valence-corrected chi connectivity index (χ4v) is 2.44. The van der Waals surface area contributed by atoms with Gasteiger partial charge in [0, 0.05) is 17.3 Å². The van der Waals surface area contributed by atoms with Crippen molar-refractivity contribution < 1.29 is 13.2 Å². The second-order valence-corrected chi connectivity index (χ2v) is 6.19. The maximum atomic E-state index is 10.8.